The van der Waals surface area contributed by atoms with Crippen LogP contribution in [0.2, 0.25) is 0 Å². The van der Waals surface area contributed by atoms with Gasteiger partial charge >= 0.3 is 17.9 Å². The average molecular weight is 999 g/mol. The van der Waals surface area contributed by atoms with Crippen molar-refractivity contribution in [1.82, 2.24) is 41.7 Å². The van der Waals surface area contributed by atoms with Crippen LogP contribution in [0.5, 0.6) is 0 Å². The first-order valence-electron chi connectivity index (χ1n) is 22.9. The Labute approximate surface area is 405 Å². The van der Waals surface area contributed by atoms with E-state index in [9.17, 15) is 68.1 Å². The molecule has 2 heterocycles. The number of nitrogens with zero attached hydrogens (tertiary/aromatic N) is 3. The van der Waals surface area contributed by atoms with E-state index in [1.54, 1.807) is 13.8 Å². The topological polar surface area (TPSA) is 418 Å². The summed E-state index contributed by atoms with van der Waals surface area (Å²) in [5.41, 5.74) is 16.6. The van der Waals surface area contributed by atoms with Gasteiger partial charge < -0.3 is 74.2 Å². The summed E-state index contributed by atoms with van der Waals surface area (Å²) < 4.78 is 0. The third kappa shape index (κ3) is 19.7. The molecule has 0 unspecified atom stereocenters. The van der Waals surface area contributed by atoms with Crippen LogP contribution in [0.15, 0.2) is 4.99 Å². The highest BCUT2D eigenvalue weighted by Crippen LogP contribution is 2.22. The second kappa shape index (κ2) is 28.9. The number of carboxylic acids is 3. The SMILES string of the molecule is CC(C)C[C@H](NC(=O)[C@@H](N)CS)C(=O)NCC(=O)N[C@@H](CCCN=C(N)N)C(=O)N1CCC[C@H]1C(=O)N[C@@H](CCC(=O)O)C(=O)N[C@@H](CCC(=O)O)C(=O)N1CCC[C@H]1C(=O)N[C@H](C(=O)O)C(C)C. The van der Waals surface area contributed by atoms with Crippen molar-refractivity contribution in [2.24, 2.45) is 34.0 Å². The number of hydrogen-bond donors (Lipinski definition) is 13. The standard InChI is InChI=1S/C42H70N12O14S/c1-21(2)18-27(51-34(60)23(43)20-69)35(61)47-19-30(55)48-25(8-5-15-46-42(44)45)39(65)53-16-6-9-28(53)37(63)49-24(11-13-31(56)57)36(62)50-26(12-14-32(58)59)40(66)54-17-7-10-29(54)38(64)52-33(22(3)4)41(67)68/h21-29,33,69H,5-20,43H2,1-4H3,(H,47,61)(H,48,55)(H,49,63)(H,50,62)(H,51,60)(H,52,64)(H,56,57)(H,58,59)(H,67,68)(H4,44,45,46)/t23-,24-,25-,26-,27-,28-,29-,33-/m0/s1. The molecule has 0 aromatic rings. The molecule has 0 aromatic heterocycles. The smallest absolute Gasteiger partial charge is 0.326 e. The molecule has 15 N–H and O–H groups in total. The Balaban J connectivity index is 2.33. The largest absolute Gasteiger partial charge is 0.481 e. The number of nitrogens with two attached hydrogens (primary N) is 3. The lowest BCUT2D eigenvalue weighted by Gasteiger charge is -2.31. The van der Waals surface area contributed by atoms with Crippen molar-refractivity contribution in [3.8, 4) is 0 Å². The highest BCUT2D eigenvalue weighted by molar-refractivity contribution is 7.80. The summed E-state index contributed by atoms with van der Waals surface area (Å²) in [6.07, 6.45) is -1.09. The van der Waals surface area contributed by atoms with E-state index < -0.39 is 152 Å². The number of hydrogen-bond acceptors (Lipinski definition) is 14. The molecule has 0 aromatic carbocycles. The molecule has 8 atom stereocenters. The summed E-state index contributed by atoms with van der Waals surface area (Å²) in [6.45, 7) is 6.27. The van der Waals surface area contributed by atoms with Crippen molar-refractivity contribution in [3.63, 3.8) is 0 Å². The molecule has 0 aliphatic carbocycles. The van der Waals surface area contributed by atoms with Gasteiger partial charge in [0.25, 0.3) is 0 Å². The molecule has 2 saturated heterocycles. The molecule has 2 fully saturated rings. The molecule has 26 nitrogen and oxygen atoms in total. The number of likely N-dealkylation sites (tertiary alicyclic amines) is 2. The Kier molecular flexibility index (Phi) is 24.7. The van der Waals surface area contributed by atoms with Crippen LogP contribution in [-0.2, 0) is 52.7 Å². The summed E-state index contributed by atoms with van der Waals surface area (Å²) >= 11 is 4.01. The van der Waals surface area contributed by atoms with E-state index in [0.717, 1.165) is 4.90 Å². The molecule has 8 amide bonds. The number of aliphatic carboxylic acids is 3. The number of carbonyl (C=O) groups is 11. The van der Waals surface area contributed by atoms with Crippen LogP contribution in [0.3, 0.4) is 0 Å². The minimum absolute atomic E-state index is 0.00977. The molecule has 69 heavy (non-hydrogen) atoms. The number of carbonyl (C=O) groups excluding carboxylic acids is 8. The molecular weight excluding hydrogens is 929 g/mol. The number of carboxylic acid groups (broad SMARTS) is 3. The number of rotatable bonds is 29. The summed E-state index contributed by atoms with van der Waals surface area (Å²) in [7, 11) is 0. The van der Waals surface area contributed by atoms with Gasteiger partial charge in [0, 0.05) is 38.2 Å². The van der Waals surface area contributed by atoms with Crippen molar-refractivity contribution in [2.45, 2.75) is 147 Å². The fraction of sp³-hybridized carbons (Fsp3) is 0.714. The molecule has 0 bridgehead atoms. The molecule has 0 spiro atoms. The predicted octanol–water partition coefficient (Wildman–Crippen LogP) is -3.66. The number of aliphatic imine (C=N–C) groups is 1. The molecule has 2 rings (SSSR count). The second-order valence-corrected chi connectivity index (χ2v) is 18.1. The normalized spacial score (nSPS) is 18.1. The highest BCUT2D eigenvalue weighted by Gasteiger charge is 2.42. The van der Waals surface area contributed by atoms with E-state index in [2.05, 4.69) is 49.5 Å². The maximum absolute atomic E-state index is 14.2. The molecule has 27 heteroatoms. The Morgan fingerprint density at radius 2 is 1.17 bits per heavy atom. The van der Waals surface area contributed by atoms with Gasteiger partial charge in [-0.1, -0.05) is 27.7 Å². The lowest BCUT2D eigenvalue weighted by Crippen LogP contribution is -2.59. The molecule has 2 aliphatic heterocycles. The van der Waals surface area contributed by atoms with Crippen LogP contribution in [0.1, 0.15) is 98.3 Å². The Morgan fingerprint density at radius 3 is 1.65 bits per heavy atom. The molecule has 2 aliphatic rings. The number of thiol groups is 1. The lowest BCUT2D eigenvalue weighted by molar-refractivity contribution is -0.146. The maximum Gasteiger partial charge on any atom is 0.326 e. The van der Waals surface area contributed by atoms with E-state index in [0.29, 0.717) is 12.8 Å². The van der Waals surface area contributed by atoms with Gasteiger partial charge in [-0.25, -0.2) is 4.79 Å². The zero-order valence-electron chi connectivity index (χ0n) is 39.4. The van der Waals surface area contributed by atoms with Gasteiger partial charge in [0.1, 0.15) is 42.3 Å². The van der Waals surface area contributed by atoms with Crippen molar-refractivity contribution in [3.05, 3.63) is 0 Å². The van der Waals surface area contributed by atoms with Gasteiger partial charge in [-0.05, 0) is 69.6 Å². The first-order chi connectivity index (χ1) is 32.4. The van der Waals surface area contributed by atoms with E-state index in [4.69, 9.17) is 17.2 Å². The fourth-order valence-corrected chi connectivity index (χ4v) is 7.90. The Bertz CT molecular complexity index is 1900. The zero-order valence-corrected chi connectivity index (χ0v) is 40.3. The van der Waals surface area contributed by atoms with E-state index in [1.165, 1.54) is 4.90 Å². The molecule has 388 valence electrons. The van der Waals surface area contributed by atoms with E-state index >= 15 is 0 Å². The third-order valence-corrected chi connectivity index (χ3v) is 11.7. The van der Waals surface area contributed by atoms with Crippen molar-refractivity contribution in [1.29, 1.82) is 0 Å². The van der Waals surface area contributed by atoms with Gasteiger partial charge in [0.2, 0.25) is 47.3 Å². The van der Waals surface area contributed by atoms with E-state index in [1.807, 2.05) is 13.8 Å². The molecular formula is C42H70N12O14S. The minimum atomic E-state index is -1.64. The Morgan fingerprint density at radius 1 is 0.667 bits per heavy atom. The second-order valence-electron chi connectivity index (χ2n) is 17.7. The van der Waals surface area contributed by atoms with Gasteiger partial charge in [-0.2, -0.15) is 12.6 Å². The lowest BCUT2D eigenvalue weighted by atomic mass is 10.0. The predicted molar refractivity (Wildman–Crippen MR) is 250 cm³/mol. The summed E-state index contributed by atoms with van der Waals surface area (Å²) in [4.78, 5) is 150. The highest BCUT2D eigenvalue weighted by atomic mass is 32.1. The van der Waals surface area contributed by atoms with Crippen molar-refractivity contribution < 1.29 is 68.1 Å². The van der Waals surface area contributed by atoms with E-state index in [-0.39, 0.29) is 69.4 Å². The quantitative estimate of drug-likeness (QED) is 0.0149. The van der Waals surface area contributed by atoms with Gasteiger partial charge in [0.15, 0.2) is 5.96 Å². The average Bonchev–Trinajstić information content (AvgIpc) is 3.98. The molecule has 0 saturated carbocycles. The van der Waals surface area contributed by atoms with Crippen molar-refractivity contribution >= 4 is 83.8 Å². The minimum Gasteiger partial charge on any atom is -0.481 e. The Hall–Kier alpha value is -6.25. The first kappa shape index (κ1) is 58.9. The maximum atomic E-state index is 14.2. The van der Waals surface area contributed by atoms with Gasteiger partial charge in [-0.15, -0.1) is 0 Å². The van der Waals surface area contributed by atoms with Crippen LogP contribution in [0.25, 0.3) is 0 Å². The molecule has 0 radical (unpaired) electrons. The van der Waals surface area contributed by atoms with Gasteiger partial charge in [0.05, 0.1) is 12.6 Å². The number of guanidine groups is 1. The number of nitrogens with one attached hydrogen (secondary N) is 6. The third-order valence-electron chi connectivity index (χ3n) is 11.3. The van der Waals surface area contributed by atoms with Crippen LogP contribution in [0.4, 0.5) is 0 Å². The monoisotopic (exact) mass is 998 g/mol. The van der Waals surface area contributed by atoms with Gasteiger partial charge in [-0.3, -0.25) is 52.9 Å². The fourth-order valence-electron chi connectivity index (χ4n) is 7.73. The summed E-state index contributed by atoms with van der Waals surface area (Å²) in [5.74, 6) is -11.2. The number of amides is 8. The summed E-state index contributed by atoms with van der Waals surface area (Å²) in [5, 5.41) is 43.5. The van der Waals surface area contributed by atoms with Crippen LogP contribution in [-0.4, -0.2) is 177 Å². The van der Waals surface area contributed by atoms with Crippen LogP contribution < -0.4 is 49.1 Å². The zero-order chi connectivity index (χ0) is 52.1. The van der Waals surface area contributed by atoms with Crippen LogP contribution in [0, 0.1) is 11.8 Å². The summed E-state index contributed by atoms with van der Waals surface area (Å²) in [6, 6.07) is -10.2. The van der Waals surface area contributed by atoms with Crippen LogP contribution >= 0.6 is 12.6 Å². The first-order valence-corrected chi connectivity index (χ1v) is 23.5. The van der Waals surface area contributed by atoms with Crippen molar-refractivity contribution in [2.75, 3.05) is 31.9 Å².